The van der Waals surface area contributed by atoms with Gasteiger partial charge in [-0.15, -0.1) is 0 Å². The number of ether oxygens (including phenoxy) is 2. The lowest BCUT2D eigenvalue weighted by molar-refractivity contribution is -0.385. The molecule has 0 aliphatic heterocycles. The third-order valence-corrected chi connectivity index (χ3v) is 8.30. The Bertz CT molecular complexity index is 1420. The Labute approximate surface area is 216 Å². The lowest BCUT2D eigenvalue weighted by Crippen LogP contribution is -2.34. The Kier molecular flexibility index (Phi) is 10.4. The summed E-state index contributed by atoms with van der Waals surface area (Å²) >= 11 is 0. The fraction of sp³-hybridized carbons (Fsp3) is 0.333. The molecule has 2 N–H and O–H groups in total. The summed E-state index contributed by atoms with van der Waals surface area (Å²) in [6, 6.07) is 7.45. The Balaban J connectivity index is 1.75. The SMILES string of the molecule is N[C@@H](CCC(=O)OCCS(=O)(=O)c1cccc([N+](=O)[O-])c1)C(=O)OCCS(=O)(=O)c1cccc([N+](=O)[O-])c1. The number of nitro groups is 2. The highest BCUT2D eigenvalue weighted by molar-refractivity contribution is 7.91. The normalized spacial score (nSPS) is 12.3. The summed E-state index contributed by atoms with van der Waals surface area (Å²) in [6.45, 7) is -1.13. The van der Waals surface area contributed by atoms with Crippen molar-refractivity contribution in [2.24, 2.45) is 5.73 Å². The van der Waals surface area contributed by atoms with Crippen LogP contribution in [0.5, 0.6) is 0 Å². The number of benzene rings is 2. The first-order chi connectivity index (χ1) is 17.7. The first-order valence-corrected chi connectivity index (χ1v) is 14.1. The van der Waals surface area contributed by atoms with Gasteiger partial charge in [0.1, 0.15) is 19.3 Å². The third kappa shape index (κ3) is 8.86. The number of rotatable bonds is 14. The zero-order valence-electron chi connectivity index (χ0n) is 19.6. The number of esters is 2. The van der Waals surface area contributed by atoms with E-state index in [2.05, 4.69) is 0 Å². The molecule has 0 radical (unpaired) electrons. The summed E-state index contributed by atoms with van der Waals surface area (Å²) in [5, 5.41) is 21.6. The summed E-state index contributed by atoms with van der Waals surface area (Å²) in [4.78, 5) is 43.4. The highest BCUT2D eigenvalue weighted by Crippen LogP contribution is 2.19. The van der Waals surface area contributed by atoms with E-state index in [0.717, 1.165) is 30.3 Å². The van der Waals surface area contributed by atoms with E-state index in [1.165, 1.54) is 18.2 Å². The van der Waals surface area contributed by atoms with Crippen molar-refractivity contribution in [2.75, 3.05) is 24.7 Å². The van der Waals surface area contributed by atoms with E-state index in [4.69, 9.17) is 15.2 Å². The topological polar surface area (TPSA) is 233 Å². The van der Waals surface area contributed by atoms with Gasteiger partial charge < -0.3 is 15.2 Å². The van der Waals surface area contributed by atoms with Gasteiger partial charge in [0.05, 0.1) is 31.1 Å². The van der Waals surface area contributed by atoms with Gasteiger partial charge in [0.25, 0.3) is 11.4 Å². The largest absolute Gasteiger partial charge is 0.465 e. The van der Waals surface area contributed by atoms with Crippen molar-refractivity contribution in [2.45, 2.75) is 28.7 Å². The molecule has 0 heterocycles. The van der Waals surface area contributed by atoms with E-state index >= 15 is 0 Å². The number of hydrogen-bond donors (Lipinski definition) is 1. The van der Waals surface area contributed by atoms with Crippen molar-refractivity contribution in [3.05, 3.63) is 68.8 Å². The molecular formula is C21H23N3O12S2. The maximum absolute atomic E-state index is 12.3. The molecule has 2 aromatic carbocycles. The maximum atomic E-state index is 12.3. The highest BCUT2D eigenvalue weighted by Gasteiger charge is 2.22. The highest BCUT2D eigenvalue weighted by atomic mass is 32.2. The lowest BCUT2D eigenvalue weighted by atomic mass is 10.2. The zero-order chi connectivity index (χ0) is 28.5. The minimum atomic E-state index is -3.99. The van der Waals surface area contributed by atoms with Gasteiger partial charge in [-0.3, -0.25) is 29.8 Å². The van der Waals surface area contributed by atoms with Gasteiger partial charge in [-0.05, 0) is 18.6 Å². The number of carbonyl (C=O) groups excluding carboxylic acids is 2. The average Bonchev–Trinajstić information content (AvgIpc) is 2.87. The van der Waals surface area contributed by atoms with Crippen LogP contribution >= 0.6 is 0 Å². The van der Waals surface area contributed by atoms with Gasteiger partial charge >= 0.3 is 11.9 Å². The van der Waals surface area contributed by atoms with Crippen LogP contribution in [0.3, 0.4) is 0 Å². The van der Waals surface area contributed by atoms with Crippen molar-refractivity contribution in [1.29, 1.82) is 0 Å². The van der Waals surface area contributed by atoms with E-state index in [9.17, 15) is 46.7 Å². The molecular weight excluding hydrogens is 550 g/mol. The van der Waals surface area contributed by atoms with E-state index in [1.807, 2.05) is 0 Å². The van der Waals surface area contributed by atoms with Gasteiger partial charge in [-0.2, -0.15) is 0 Å². The molecule has 0 unspecified atom stereocenters. The second-order valence-corrected chi connectivity index (χ2v) is 11.9. The van der Waals surface area contributed by atoms with Crippen molar-refractivity contribution in [3.63, 3.8) is 0 Å². The standard InChI is InChI=1S/C21H23N3O12S2/c22-19(21(26)36-10-12-38(33,34)18-6-2-4-16(14-18)24(29)30)7-8-20(25)35-9-11-37(31,32)17-5-1-3-15(13-17)23(27)28/h1-6,13-14,19H,7-12,22H2/t19-/m0/s1. The molecule has 15 nitrogen and oxygen atoms in total. The van der Waals surface area contributed by atoms with Crippen LogP contribution < -0.4 is 5.73 Å². The van der Waals surface area contributed by atoms with Crippen LogP contribution in [-0.4, -0.2) is 69.4 Å². The van der Waals surface area contributed by atoms with Crippen LogP contribution in [0, 0.1) is 20.2 Å². The van der Waals surface area contributed by atoms with Crippen molar-refractivity contribution >= 4 is 43.0 Å². The van der Waals surface area contributed by atoms with Crippen molar-refractivity contribution in [1.82, 2.24) is 0 Å². The van der Waals surface area contributed by atoms with Gasteiger partial charge in [0.2, 0.25) is 0 Å². The zero-order valence-corrected chi connectivity index (χ0v) is 21.3. The third-order valence-electron chi connectivity index (χ3n) is 4.95. The molecule has 0 spiro atoms. The number of hydrogen-bond acceptors (Lipinski definition) is 13. The maximum Gasteiger partial charge on any atom is 0.322 e. The van der Waals surface area contributed by atoms with Crippen LogP contribution in [0.2, 0.25) is 0 Å². The molecule has 0 saturated carbocycles. The predicted molar refractivity (Wildman–Crippen MR) is 129 cm³/mol. The van der Waals surface area contributed by atoms with Crippen LogP contribution in [0.15, 0.2) is 58.3 Å². The lowest BCUT2D eigenvalue weighted by Gasteiger charge is -2.12. The molecule has 0 fully saturated rings. The molecule has 2 rings (SSSR count). The molecule has 206 valence electrons. The minimum absolute atomic E-state index is 0.243. The monoisotopic (exact) mass is 573 g/mol. The Morgan fingerprint density at radius 2 is 1.26 bits per heavy atom. The molecule has 0 amide bonds. The van der Waals surface area contributed by atoms with E-state index in [0.29, 0.717) is 0 Å². The summed E-state index contributed by atoms with van der Waals surface area (Å²) in [5.74, 6) is -3.16. The Hall–Kier alpha value is -3.96. The van der Waals surface area contributed by atoms with E-state index in [-0.39, 0.29) is 22.6 Å². The predicted octanol–water partition coefficient (Wildman–Crippen LogP) is 0.945. The molecule has 2 aromatic rings. The first-order valence-electron chi connectivity index (χ1n) is 10.8. The number of nitrogens with two attached hydrogens (primary N) is 1. The number of nitro benzene ring substituents is 2. The fourth-order valence-corrected chi connectivity index (χ4v) is 5.15. The molecule has 0 aliphatic rings. The van der Waals surface area contributed by atoms with Crippen molar-refractivity contribution < 1.29 is 45.7 Å². The smallest absolute Gasteiger partial charge is 0.322 e. The molecule has 0 bridgehead atoms. The second-order valence-electron chi connectivity index (χ2n) is 7.68. The molecule has 1 atom stereocenters. The second kappa shape index (κ2) is 13.0. The van der Waals surface area contributed by atoms with Crippen LogP contribution in [-0.2, 0) is 38.7 Å². The Morgan fingerprint density at radius 1 is 0.816 bits per heavy atom. The number of sulfone groups is 2. The van der Waals surface area contributed by atoms with Gasteiger partial charge in [-0.25, -0.2) is 16.8 Å². The van der Waals surface area contributed by atoms with Gasteiger partial charge in [0.15, 0.2) is 19.7 Å². The van der Waals surface area contributed by atoms with E-state index in [1.54, 1.807) is 0 Å². The summed E-state index contributed by atoms with van der Waals surface area (Å²) in [7, 11) is -7.96. The number of carbonyl (C=O) groups is 2. The van der Waals surface area contributed by atoms with Crippen molar-refractivity contribution in [3.8, 4) is 0 Å². The van der Waals surface area contributed by atoms with Crippen LogP contribution in [0.25, 0.3) is 0 Å². The van der Waals surface area contributed by atoms with Gasteiger partial charge in [0, 0.05) is 30.7 Å². The van der Waals surface area contributed by atoms with Crippen LogP contribution in [0.1, 0.15) is 12.8 Å². The molecule has 38 heavy (non-hydrogen) atoms. The Morgan fingerprint density at radius 3 is 1.71 bits per heavy atom. The fourth-order valence-electron chi connectivity index (χ4n) is 2.90. The average molecular weight is 574 g/mol. The minimum Gasteiger partial charge on any atom is -0.465 e. The molecule has 0 aliphatic carbocycles. The number of nitrogens with zero attached hydrogens (tertiary/aromatic N) is 2. The van der Waals surface area contributed by atoms with Crippen LogP contribution in [0.4, 0.5) is 11.4 Å². The quantitative estimate of drug-likeness (QED) is 0.188. The summed E-state index contributed by atoms with van der Waals surface area (Å²) in [6.07, 6.45) is -0.619. The summed E-state index contributed by atoms with van der Waals surface area (Å²) in [5.41, 5.74) is 4.81. The molecule has 17 heteroatoms. The van der Waals surface area contributed by atoms with E-state index < -0.39 is 83.6 Å². The first kappa shape index (κ1) is 30.3. The number of non-ortho nitro benzene ring substituents is 2. The molecule has 0 aromatic heterocycles. The molecule has 0 saturated heterocycles. The summed E-state index contributed by atoms with van der Waals surface area (Å²) < 4.78 is 58.8. The van der Waals surface area contributed by atoms with Gasteiger partial charge in [-0.1, -0.05) is 12.1 Å².